The third-order valence-corrected chi connectivity index (χ3v) is 5.69. The highest BCUT2D eigenvalue weighted by Crippen LogP contribution is 2.32. The van der Waals surface area contributed by atoms with Gasteiger partial charge in [0.15, 0.2) is 0 Å². The fraction of sp³-hybridized carbons (Fsp3) is 0.474. The molecule has 0 radical (unpaired) electrons. The smallest absolute Gasteiger partial charge is 0.137 e. The minimum Gasteiger partial charge on any atom is -0.346 e. The van der Waals surface area contributed by atoms with Gasteiger partial charge in [0.25, 0.3) is 0 Å². The Morgan fingerprint density at radius 2 is 2.32 bits per heavy atom. The summed E-state index contributed by atoms with van der Waals surface area (Å²) in [5.74, 6) is 0.569. The van der Waals surface area contributed by atoms with Crippen LogP contribution >= 0.6 is 0 Å². The summed E-state index contributed by atoms with van der Waals surface area (Å²) in [5, 5.41) is 12.6. The Balaban J connectivity index is 1.35. The number of pyridine rings is 1. The summed E-state index contributed by atoms with van der Waals surface area (Å²) in [6.45, 7) is 5.20. The Morgan fingerprint density at radius 1 is 1.32 bits per heavy atom. The molecular formula is C19H24N6. The number of nitrogens with one attached hydrogen (secondary N) is 3. The van der Waals surface area contributed by atoms with E-state index in [0.29, 0.717) is 5.92 Å². The molecule has 3 aromatic rings. The highest BCUT2D eigenvalue weighted by Gasteiger charge is 2.25. The number of likely N-dealkylation sites (tertiary alicyclic amines) is 1. The van der Waals surface area contributed by atoms with Crippen molar-refractivity contribution in [2.75, 3.05) is 19.6 Å². The van der Waals surface area contributed by atoms with Crippen LogP contribution in [0.3, 0.4) is 0 Å². The number of H-pyrrole nitrogens is 2. The second kappa shape index (κ2) is 6.28. The van der Waals surface area contributed by atoms with Crippen molar-refractivity contribution < 1.29 is 0 Å². The van der Waals surface area contributed by atoms with Crippen LogP contribution in [0.25, 0.3) is 11.0 Å². The van der Waals surface area contributed by atoms with Gasteiger partial charge in [-0.2, -0.15) is 5.10 Å². The van der Waals surface area contributed by atoms with Crippen LogP contribution in [-0.4, -0.2) is 44.7 Å². The maximum Gasteiger partial charge on any atom is 0.137 e. The van der Waals surface area contributed by atoms with Crippen LogP contribution < -0.4 is 5.32 Å². The maximum absolute atomic E-state index is 4.61. The molecule has 1 unspecified atom stereocenters. The SMILES string of the molecule is c1cnc2[nH]cc(C3CCCN(Cc4n[nH]c5c4CNCC5)C3)c2c1. The van der Waals surface area contributed by atoms with E-state index in [2.05, 4.69) is 42.6 Å². The van der Waals surface area contributed by atoms with Gasteiger partial charge >= 0.3 is 0 Å². The average Bonchev–Trinajstić information content (AvgIpc) is 3.27. The second-order valence-corrected chi connectivity index (χ2v) is 7.27. The van der Waals surface area contributed by atoms with Crippen molar-refractivity contribution in [3.8, 4) is 0 Å². The molecule has 1 saturated heterocycles. The highest BCUT2D eigenvalue weighted by atomic mass is 15.2. The van der Waals surface area contributed by atoms with Crippen molar-refractivity contribution in [2.24, 2.45) is 0 Å². The Bertz CT molecular complexity index is 879. The first-order valence-electron chi connectivity index (χ1n) is 9.28. The molecule has 3 aromatic heterocycles. The van der Waals surface area contributed by atoms with Crippen molar-refractivity contribution in [3.63, 3.8) is 0 Å². The minimum atomic E-state index is 0.569. The molecule has 2 aliphatic heterocycles. The third-order valence-electron chi connectivity index (χ3n) is 5.69. The molecule has 0 amide bonds. The Labute approximate surface area is 147 Å². The Hall–Kier alpha value is -2.18. The lowest BCUT2D eigenvalue weighted by Crippen LogP contribution is -2.34. The molecule has 6 nitrogen and oxygen atoms in total. The van der Waals surface area contributed by atoms with Gasteiger partial charge in [-0.15, -0.1) is 0 Å². The van der Waals surface area contributed by atoms with Gasteiger partial charge in [0.1, 0.15) is 5.65 Å². The normalized spacial score (nSPS) is 21.5. The van der Waals surface area contributed by atoms with Crippen LogP contribution in [0.2, 0.25) is 0 Å². The lowest BCUT2D eigenvalue weighted by molar-refractivity contribution is 0.198. The summed E-state index contributed by atoms with van der Waals surface area (Å²) in [4.78, 5) is 10.3. The van der Waals surface area contributed by atoms with Crippen molar-refractivity contribution >= 4 is 11.0 Å². The molecule has 0 aliphatic carbocycles. The fourth-order valence-corrected chi connectivity index (χ4v) is 4.40. The Kier molecular flexibility index (Phi) is 3.79. The van der Waals surface area contributed by atoms with Crippen molar-refractivity contribution in [3.05, 3.63) is 47.0 Å². The van der Waals surface area contributed by atoms with E-state index in [1.54, 1.807) is 0 Å². The van der Waals surface area contributed by atoms with E-state index in [4.69, 9.17) is 0 Å². The monoisotopic (exact) mass is 336 g/mol. The standard InChI is InChI=1S/C19H24N6/c1-4-14-15(10-22-19(14)21-6-1)13-3-2-8-25(11-13)12-18-16-9-20-7-5-17(16)23-24-18/h1,4,6,10,13,20H,2-3,5,7-9,11-12H2,(H,21,22)(H,23,24). The molecule has 0 spiro atoms. The number of hydrogen-bond acceptors (Lipinski definition) is 4. The third kappa shape index (κ3) is 2.75. The predicted octanol–water partition coefficient (Wildman–Crippen LogP) is 2.31. The number of hydrogen-bond donors (Lipinski definition) is 3. The lowest BCUT2D eigenvalue weighted by atomic mass is 9.90. The quantitative estimate of drug-likeness (QED) is 0.686. The van der Waals surface area contributed by atoms with Gasteiger partial charge in [-0.05, 0) is 43.0 Å². The molecular weight excluding hydrogens is 312 g/mol. The van der Waals surface area contributed by atoms with Crippen molar-refractivity contribution in [1.29, 1.82) is 0 Å². The van der Waals surface area contributed by atoms with Gasteiger partial charge in [0, 0.05) is 61.6 Å². The summed E-state index contributed by atoms with van der Waals surface area (Å²) in [7, 11) is 0. The number of piperidine rings is 1. The molecule has 3 N–H and O–H groups in total. The van der Waals surface area contributed by atoms with Gasteiger partial charge in [-0.25, -0.2) is 4.98 Å². The van der Waals surface area contributed by atoms with E-state index in [1.165, 1.54) is 40.7 Å². The van der Waals surface area contributed by atoms with Gasteiger partial charge in [0.05, 0.1) is 5.69 Å². The van der Waals surface area contributed by atoms with Crippen LogP contribution in [-0.2, 0) is 19.5 Å². The van der Waals surface area contributed by atoms with E-state index in [9.17, 15) is 0 Å². The highest BCUT2D eigenvalue weighted by molar-refractivity contribution is 5.80. The number of aromatic nitrogens is 4. The zero-order valence-corrected chi connectivity index (χ0v) is 14.4. The van der Waals surface area contributed by atoms with E-state index in [0.717, 1.165) is 44.8 Å². The summed E-state index contributed by atoms with van der Waals surface area (Å²) < 4.78 is 0. The van der Waals surface area contributed by atoms with E-state index < -0.39 is 0 Å². The largest absolute Gasteiger partial charge is 0.346 e. The van der Waals surface area contributed by atoms with Crippen LogP contribution in [0.4, 0.5) is 0 Å². The van der Waals surface area contributed by atoms with Gasteiger partial charge in [-0.1, -0.05) is 0 Å². The number of aromatic amines is 2. The molecule has 0 bridgehead atoms. The maximum atomic E-state index is 4.61. The molecule has 1 fully saturated rings. The number of rotatable bonds is 3. The molecule has 2 aliphatic rings. The van der Waals surface area contributed by atoms with E-state index in [1.807, 2.05) is 12.3 Å². The fourth-order valence-electron chi connectivity index (χ4n) is 4.40. The van der Waals surface area contributed by atoms with Crippen LogP contribution in [0.15, 0.2) is 24.5 Å². The topological polar surface area (TPSA) is 72.6 Å². The van der Waals surface area contributed by atoms with E-state index >= 15 is 0 Å². The lowest BCUT2D eigenvalue weighted by Gasteiger charge is -2.32. The first-order chi connectivity index (χ1) is 12.4. The molecule has 25 heavy (non-hydrogen) atoms. The molecule has 0 saturated carbocycles. The summed E-state index contributed by atoms with van der Waals surface area (Å²) in [6, 6.07) is 4.21. The van der Waals surface area contributed by atoms with Crippen LogP contribution in [0.1, 0.15) is 41.3 Å². The van der Waals surface area contributed by atoms with Crippen LogP contribution in [0.5, 0.6) is 0 Å². The van der Waals surface area contributed by atoms with Crippen molar-refractivity contribution in [2.45, 2.75) is 38.3 Å². The second-order valence-electron chi connectivity index (χ2n) is 7.27. The molecule has 0 aromatic carbocycles. The Morgan fingerprint density at radius 3 is 3.32 bits per heavy atom. The average molecular weight is 336 g/mol. The van der Waals surface area contributed by atoms with Gasteiger partial charge in [-0.3, -0.25) is 10.00 Å². The molecule has 5 heterocycles. The zero-order valence-electron chi connectivity index (χ0n) is 14.4. The zero-order chi connectivity index (χ0) is 16.6. The first kappa shape index (κ1) is 15.1. The van der Waals surface area contributed by atoms with Crippen LogP contribution in [0, 0.1) is 0 Å². The van der Waals surface area contributed by atoms with Gasteiger partial charge < -0.3 is 10.3 Å². The van der Waals surface area contributed by atoms with E-state index in [-0.39, 0.29) is 0 Å². The molecule has 1 atom stereocenters. The molecule has 130 valence electrons. The summed E-state index contributed by atoms with van der Waals surface area (Å²) >= 11 is 0. The van der Waals surface area contributed by atoms with Gasteiger partial charge in [0.2, 0.25) is 0 Å². The predicted molar refractivity (Wildman–Crippen MR) is 97.3 cm³/mol. The summed E-state index contributed by atoms with van der Waals surface area (Å²) in [6.07, 6.45) is 7.56. The number of fused-ring (bicyclic) bond motifs is 2. The first-order valence-corrected chi connectivity index (χ1v) is 9.28. The molecule has 6 heteroatoms. The minimum absolute atomic E-state index is 0.569. The molecule has 5 rings (SSSR count). The van der Waals surface area contributed by atoms with Crippen molar-refractivity contribution in [1.82, 2.24) is 30.4 Å². The number of nitrogens with zero attached hydrogens (tertiary/aromatic N) is 3. The summed E-state index contributed by atoms with van der Waals surface area (Å²) in [5.41, 5.74) is 6.36.